The quantitative estimate of drug-likeness (QED) is 0.199. The van der Waals surface area contributed by atoms with Gasteiger partial charge in [-0.25, -0.2) is 4.98 Å². The molecule has 0 bridgehead atoms. The molecule has 0 atom stereocenters. The SMILES string of the molecule is c1ccc2c(N(c3ccc4oc5ccccc5c4c3)c3ccc4sc5cccc(-c6nc7ccccc7o6)c5c4c3)cccc2c1. The van der Waals surface area contributed by atoms with Gasteiger partial charge in [-0.1, -0.05) is 72.8 Å². The van der Waals surface area contributed by atoms with Crippen molar-refractivity contribution >= 4 is 92.4 Å². The Hall–Kier alpha value is -5.91. The molecule has 7 aromatic carbocycles. The van der Waals surface area contributed by atoms with Crippen LogP contribution in [0.15, 0.2) is 154 Å². The van der Waals surface area contributed by atoms with Gasteiger partial charge in [0, 0.05) is 53.3 Å². The molecule has 0 spiro atoms. The third-order valence-corrected chi connectivity index (χ3v) is 10.0. The summed E-state index contributed by atoms with van der Waals surface area (Å²) in [5.74, 6) is 0.639. The lowest BCUT2D eigenvalue weighted by molar-refractivity contribution is 0.620. The number of oxazole rings is 1. The molecular formula is C41H24N2O2S. The monoisotopic (exact) mass is 608 g/mol. The Kier molecular flexibility index (Phi) is 5.41. The van der Waals surface area contributed by atoms with Gasteiger partial charge < -0.3 is 13.7 Å². The van der Waals surface area contributed by atoms with Crippen LogP contribution in [0.25, 0.3) is 75.4 Å². The minimum absolute atomic E-state index is 0.639. The maximum absolute atomic E-state index is 6.29. The standard InChI is InChI=1S/C41H24N2O2S/c1-2-11-28-25(9-1)10-7-15-34(28)43(26-19-21-36-31(23-26)29-12-3-5-16-35(29)44-36)27-20-22-38-32(24-27)40-30(13-8-18-39(40)46-38)41-42-33-14-4-6-17-37(33)45-41/h1-24H. The van der Waals surface area contributed by atoms with Crippen molar-refractivity contribution in [2.75, 3.05) is 4.90 Å². The van der Waals surface area contributed by atoms with Crippen molar-refractivity contribution in [3.05, 3.63) is 146 Å². The van der Waals surface area contributed by atoms with E-state index in [9.17, 15) is 0 Å². The first-order valence-electron chi connectivity index (χ1n) is 15.3. The molecule has 5 heteroatoms. The maximum atomic E-state index is 6.29. The van der Waals surface area contributed by atoms with Gasteiger partial charge in [0.25, 0.3) is 0 Å². The molecule has 3 aromatic heterocycles. The van der Waals surface area contributed by atoms with Gasteiger partial charge in [-0.2, -0.15) is 0 Å². The molecule has 4 nitrogen and oxygen atoms in total. The summed E-state index contributed by atoms with van der Waals surface area (Å²) >= 11 is 1.80. The second-order valence-corrected chi connectivity index (χ2v) is 12.6. The molecule has 0 N–H and O–H groups in total. The van der Waals surface area contributed by atoms with Crippen LogP contribution in [-0.2, 0) is 0 Å². The number of nitrogens with zero attached hydrogens (tertiary/aromatic N) is 2. The van der Waals surface area contributed by atoms with Crippen molar-refractivity contribution in [3.8, 4) is 11.5 Å². The highest BCUT2D eigenvalue weighted by atomic mass is 32.1. The van der Waals surface area contributed by atoms with E-state index in [2.05, 4.69) is 114 Å². The van der Waals surface area contributed by atoms with E-state index in [-0.39, 0.29) is 0 Å². The molecule has 216 valence electrons. The molecule has 0 aliphatic rings. The summed E-state index contributed by atoms with van der Waals surface area (Å²) in [7, 11) is 0. The van der Waals surface area contributed by atoms with Gasteiger partial charge in [-0.3, -0.25) is 0 Å². The molecule has 0 saturated carbocycles. The summed E-state index contributed by atoms with van der Waals surface area (Å²) in [5, 5.41) is 6.92. The molecule has 10 rings (SSSR count). The van der Waals surface area contributed by atoms with Crippen LogP contribution in [-0.4, -0.2) is 4.98 Å². The first kappa shape index (κ1) is 25.4. The number of rotatable bonds is 4. The van der Waals surface area contributed by atoms with E-state index in [4.69, 9.17) is 13.8 Å². The van der Waals surface area contributed by atoms with Crippen molar-refractivity contribution in [2.45, 2.75) is 0 Å². The Bertz CT molecular complexity index is 2750. The molecule has 0 aliphatic heterocycles. The molecule has 3 heterocycles. The number of thiophene rings is 1. The van der Waals surface area contributed by atoms with Crippen LogP contribution in [0.4, 0.5) is 17.1 Å². The summed E-state index contributed by atoms with van der Waals surface area (Å²) in [6.07, 6.45) is 0. The zero-order valence-corrected chi connectivity index (χ0v) is 25.3. The van der Waals surface area contributed by atoms with E-state index in [1.807, 2.05) is 36.4 Å². The first-order valence-corrected chi connectivity index (χ1v) is 16.1. The Morgan fingerprint density at radius 3 is 2.13 bits per heavy atom. The van der Waals surface area contributed by atoms with Gasteiger partial charge in [-0.15, -0.1) is 11.3 Å². The predicted molar refractivity (Wildman–Crippen MR) is 192 cm³/mol. The molecule has 0 fully saturated rings. The third kappa shape index (κ3) is 3.82. The average Bonchev–Trinajstić information content (AvgIpc) is 3.81. The summed E-state index contributed by atoms with van der Waals surface area (Å²) in [6.45, 7) is 0. The Balaban J connectivity index is 1.24. The molecule has 0 unspecified atom stereocenters. The van der Waals surface area contributed by atoms with E-state index in [1.54, 1.807) is 11.3 Å². The highest BCUT2D eigenvalue weighted by molar-refractivity contribution is 7.26. The number of furan rings is 1. The van der Waals surface area contributed by atoms with E-state index in [1.165, 1.54) is 25.6 Å². The van der Waals surface area contributed by atoms with Gasteiger partial charge in [0.2, 0.25) is 5.89 Å². The van der Waals surface area contributed by atoms with Crippen LogP contribution >= 0.6 is 11.3 Å². The minimum atomic E-state index is 0.639. The fraction of sp³-hybridized carbons (Fsp3) is 0. The lowest BCUT2D eigenvalue weighted by Crippen LogP contribution is -2.10. The van der Waals surface area contributed by atoms with E-state index >= 15 is 0 Å². The Morgan fingerprint density at radius 2 is 1.22 bits per heavy atom. The van der Waals surface area contributed by atoms with Gasteiger partial charge in [0.1, 0.15) is 16.7 Å². The molecule has 0 amide bonds. The molecule has 0 radical (unpaired) electrons. The minimum Gasteiger partial charge on any atom is -0.456 e. The van der Waals surface area contributed by atoms with Crippen molar-refractivity contribution in [3.63, 3.8) is 0 Å². The molecule has 10 aromatic rings. The van der Waals surface area contributed by atoms with E-state index in [0.717, 1.165) is 61.1 Å². The van der Waals surface area contributed by atoms with E-state index < -0.39 is 0 Å². The zero-order valence-electron chi connectivity index (χ0n) is 24.5. The largest absolute Gasteiger partial charge is 0.456 e. The summed E-state index contributed by atoms with van der Waals surface area (Å²) in [4.78, 5) is 7.24. The van der Waals surface area contributed by atoms with Crippen molar-refractivity contribution in [1.82, 2.24) is 4.98 Å². The van der Waals surface area contributed by atoms with Gasteiger partial charge in [0.15, 0.2) is 5.58 Å². The molecule has 46 heavy (non-hydrogen) atoms. The zero-order chi connectivity index (χ0) is 30.2. The second kappa shape index (κ2) is 9.80. The van der Waals surface area contributed by atoms with Crippen LogP contribution in [0.2, 0.25) is 0 Å². The number of anilines is 3. The Morgan fingerprint density at radius 1 is 0.500 bits per heavy atom. The first-order chi connectivity index (χ1) is 22.8. The second-order valence-electron chi connectivity index (χ2n) is 11.6. The van der Waals surface area contributed by atoms with Crippen LogP contribution in [0.3, 0.4) is 0 Å². The van der Waals surface area contributed by atoms with Crippen LogP contribution in [0.1, 0.15) is 0 Å². The average molecular weight is 609 g/mol. The molecular weight excluding hydrogens is 585 g/mol. The summed E-state index contributed by atoms with van der Waals surface area (Å²) < 4.78 is 14.9. The molecule has 0 saturated heterocycles. The van der Waals surface area contributed by atoms with Crippen LogP contribution in [0, 0.1) is 0 Å². The number of aromatic nitrogens is 1. The summed E-state index contributed by atoms with van der Waals surface area (Å²) in [6, 6.07) is 51.0. The number of hydrogen-bond acceptors (Lipinski definition) is 5. The van der Waals surface area contributed by atoms with Crippen molar-refractivity contribution < 1.29 is 8.83 Å². The topological polar surface area (TPSA) is 42.4 Å². The fourth-order valence-electron chi connectivity index (χ4n) is 6.80. The van der Waals surface area contributed by atoms with Crippen molar-refractivity contribution in [1.29, 1.82) is 0 Å². The normalized spacial score (nSPS) is 11.9. The lowest BCUT2D eigenvalue weighted by Gasteiger charge is -2.27. The van der Waals surface area contributed by atoms with Gasteiger partial charge in [-0.05, 0) is 78.2 Å². The smallest absolute Gasteiger partial charge is 0.227 e. The highest BCUT2D eigenvalue weighted by Gasteiger charge is 2.20. The lowest BCUT2D eigenvalue weighted by atomic mass is 10.0. The van der Waals surface area contributed by atoms with Crippen molar-refractivity contribution in [2.24, 2.45) is 0 Å². The fourth-order valence-corrected chi connectivity index (χ4v) is 7.92. The maximum Gasteiger partial charge on any atom is 0.227 e. The van der Waals surface area contributed by atoms with Crippen LogP contribution in [0.5, 0.6) is 0 Å². The third-order valence-electron chi connectivity index (χ3n) is 8.89. The van der Waals surface area contributed by atoms with Crippen LogP contribution < -0.4 is 4.90 Å². The number of benzene rings is 7. The number of fused-ring (bicyclic) bond motifs is 8. The highest BCUT2D eigenvalue weighted by Crippen LogP contribution is 2.46. The predicted octanol–water partition coefficient (Wildman–Crippen LogP) is 12.4. The Labute approximate surface area is 267 Å². The number of hydrogen-bond donors (Lipinski definition) is 0. The molecule has 0 aliphatic carbocycles. The van der Waals surface area contributed by atoms with Gasteiger partial charge in [0.05, 0.1) is 5.69 Å². The number of para-hydroxylation sites is 3. The van der Waals surface area contributed by atoms with E-state index in [0.29, 0.717) is 5.89 Å². The van der Waals surface area contributed by atoms with Gasteiger partial charge >= 0.3 is 0 Å². The summed E-state index contributed by atoms with van der Waals surface area (Å²) in [5.41, 5.74) is 7.67.